The first-order valence-corrected chi connectivity index (χ1v) is 12.9. The fourth-order valence-corrected chi connectivity index (χ4v) is 6.43. The van der Waals surface area contributed by atoms with Gasteiger partial charge in [-0.1, -0.05) is 12.1 Å². The van der Waals surface area contributed by atoms with Gasteiger partial charge in [0.25, 0.3) is 0 Å². The highest BCUT2D eigenvalue weighted by Crippen LogP contribution is 2.62. The largest absolute Gasteiger partial charge is 0.454 e. The molecule has 1 unspecified atom stereocenters. The van der Waals surface area contributed by atoms with Crippen LogP contribution in [0.25, 0.3) is 0 Å². The number of urea groups is 1. The first-order chi connectivity index (χ1) is 17.5. The lowest BCUT2D eigenvalue weighted by atomic mass is 9.80. The average molecular weight is 489 g/mol. The molecule has 2 aromatic rings. The van der Waals surface area contributed by atoms with Crippen molar-refractivity contribution >= 4 is 11.7 Å². The van der Waals surface area contributed by atoms with Crippen molar-refractivity contribution in [3.8, 4) is 17.6 Å². The molecule has 2 aromatic carbocycles. The molecular formula is C28H32N4O4. The maximum absolute atomic E-state index is 13.6. The molecule has 2 N–H and O–H groups in total. The molecule has 8 heteroatoms. The van der Waals surface area contributed by atoms with Crippen molar-refractivity contribution in [2.75, 3.05) is 38.3 Å². The molecule has 4 aliphatic rings. The van der Waals surface area contributed by atoms with Gasteiger partial charge in [-0.05, 0) is 73.3 Å². The summed E-state index contributed by atoms with van der Waals surface area (Å²) in [5.74, 6) is 1.86. The second-order valence-corrected chi connectivity index (χ2v) is 10.6. The average Bonchev–Trinajstić information content (AvgIpc) is 3.19. The summed E-state index contributed by atoms with van der Waals surface area (Å²) in [6, 6.07) is 15.9. The number of β-amino-alcohol motifs (C(OH)–C–C–N with tert-alkyl or cyclic N) is 1. The Hall–Kier alpha value is -3.28. The van der Waals surface area contributed by atoms with Gasteiger partial charge in [-0.25, -0.2) is 4.79 Å². The van der Waals surface area contributed by atoms with E-state index in [0.29, 0.717) is 41.8 Å². The zero-order valence-electron chi connectivity index (χ0n) is 20.4. The van der Waals surface area contributed by atoms with Gasteiger partial charge in [0, 0.05) is 44.0 Å². The van der Waals surface area contributed by atoms with Crippen LogP contribution in [0.4, 0.5) is 10.5 Å². The number of hydrogen-bond acceptors (Lipinski definition) is 6. The number of likely N-dealkylation sites (tertiary alicyclic amines) is 1. The molecule has 4 atom stereocenters. The second-order valence-electron chi connectivity index (χ2n) is 10.6. The van der Waals surface area contributed by atoms with Crippen LogP contribution in [0.15, 0.2) is 42.5 Å². The van der Waals surface area contributed by atoms with Crippen LogP contribution in [-0.4, -0.2) is 66.1 Å². The van der Waals surface area contributed by atoms with Crippen molar-refractivity contribution in [3.05, 3.63) is 53.6 Å². The number of nitriles is 1. The summed E-state index contributed by atoms with van der Waals surface area (Å²) in [6.07, 6.45) is 4.56. The molecule has 1 saturated heterocycles. The molecule has 2 amide bonds. The van der Waals surface area contributed by atoms with Crippen LogP contribution in [0.1, 0.15) is 43.2 Å². The van der Waals surface area contributed by atoms with E-state index in [0.717, 1.165) is 45.2 Å². The van der Waals surface area contributed by atoms with Gasteiger partial charge in [-0.3, -0.25) is 4.90 Å². The van der Waals surface area contributed by atoms with Gasteiger partial charge in [0.05, 0.1) is 17.7 Å². The number of aliphatic hydroxyl groups is 1. The molecule has 3 fully saturated rings. The number of anilines is 1. The van der Waals surface area contributed by atoms with E-state index in [2.05, 4.69) is 22.4 Å². The number of carbonyl (C=O) groups excluding carboxylic acids is 1. The smallest absolute Gasteiger partial charge is 0.322 e. The topological polar surface area (TPSA) is 98.1 Å². The minimum absolute atomic E-state index is 0.0989. The predicted molar refractivity (Wildman–Crippen MR) is 134 cm³/mol. The molecule has 0 bridgehead atoms. The summed E-state index contributed by atoms with van der Waals surface area (Å²) in [7, 11) is 0. The predicted octanol–water partition coefficient (Wildman–Crippen LogP) is 3.70. The van der Waals surface area contributed by atoms with Crippen LogP contribution in [-0.2, 0) is 5.41 Å². The summed E-state index contributed by atoms with van der Waals surface area (Å²) >= 11 is 0. The van der Waals surface area contributed by atoms with Gasteiger partial charge >= 0.3 is 6.03 Å². The Morgan fingerprint density at radius 2 is 2.11 bits per heavy atom. The van der Waals surface area contributed by atoms with Crippen molar-refractivity contribution in [1.82, 2.24) is 9.80 Å². The van der Waals surface area contributed by atoms with E-state index in [4.69, 9.17) is 9.47 Å². The van der Waals surface area contributed by atoms with Gasteiger partial charge in [0.2, 0.25) is 6.79 Å². The summed E-state index contributed by atoms with van der Waals surface area (Å²) in [5, 5.41) is 22.4. The number of hydrogen-bond donors (Lipinski definition) is 2. The Morgan fingerprint density at radius 1 is 1.22 bits per heavy atom. The fraction of sp³-hybridized carbons (Fsp3) is 0.500. The van der Waals surface area contributed by atoms with E-state index in [9.17, 15) is 15.2 Å². The highest BCUT2D eigenvalue weighted by molar-refractivity contribution is 5.90. The SMILES string of the molecule is N#Cc1cccc([C@]23CC[C@@H](N(CCN4CC[C@@H](O)C4)C(=O)Nc4ccc5c(c4)OCO5)CC2C3)c1. The van der Waals surface area contributed by atoms with Crippen molar-refractivity contribution in [3.63, 3.8) is 0 Å². The molecule has 2 saturated carbocycles. The van der Waals surface area contributed by atoms with Crippen molar-refractivity contribution < 1.29 is 19.4 Å². The van der Waals surface area contributed by atoms with Crippen LogP contribution in [0.2, 0.25) is 0 Å². The summed E-state index contributed by atoms with van der Waals surface area (Å²) in [4.78, 5) is 17.8. The van der Waals surface area contributed by atoms with E-state index < -0.39 is 0 Å². The molecule has 36 heavy (non-hydrogen) atoms. The number of amides is 2. The zero-order valence-corrected chi connectivity index (χ0v) is 20.4. The molecule has 188 valence electrons. The van der Waals surface area contributed by atoms with E-state index in [-0.39, 0.29) is 30.4 Å². The van der Waals surface area contributed by atoms with Crippen LogP contribution < -0.4 is 14.8 Å². The summed E-state index contributed by atoms with van der Waals surface area (Å²) in [5.41, 5.74) is 2.83. The Bertz CT molecular complexity index is 1200. The number of carbonyl (C=O) groups is 1. The third kappa shape index (κ3) is 4.38. The molecule has 0 aromatic heterocycles. The highest BCUT2D eigenvalue weighted by Gasteiger charge is 2.58. The zero-order chi connectivity index (χ0) is 24.7. The standard InChI is InChI=1S/C28H32N4O4/c29-16-19-2-1-3-20(12-19)28-8-6-23(13-21(28)15-28)32(11-10-31-9-7-24(33)17-31)27(34)30-22-4-5-25-26(14-22)36-18-35-25/h1-5,12,14,21,23-24,33H,6-11,13,15,17-18H2,(H,30,34)/t21?,23-,24-,28-/m1/s1. The minimum Gasteiger partial charge on any atom is -0.454 e. The monoisotopic (exact) mass is 488 g/mol. The lowest BCUT2D eigenvalue weighted by Crippen LogP contribution is -2.48. The van der Waals surface area contributed by atoms with E-state index in [1.807, 2.05) is 41.3 Å². The molecule has 2 aliphatic heterocycles. The number of ether oxygens (including phenoxy) is 2. The number of nitrogens with zero attached hydrogens (tertiary/aromatic N) is 3. The maximum Gasteiger partial charge on any atom is 0.322 e. The lowest BCUT2D eigenvalue weighted by Gasteiger charge is -2.37. The number of aliphatic hydroxyl groups excluding tert-OH is 1. The fourth-order valence-electron chi connectivity index (χ4n) is 6.43. The Morgan fingerprint density at radius 3 is 2.92 bits per heavy atom. The Balaban J connectivity index is 1.16. The normalized spacial score (nSPS) is 28.3. The molecule has 6 rings (SSSR count). The third-order valence-electron chi connectivity index (χ3n) is 8.51. The summed E-state index contributed by atoms with van der Waals surface area (Å²) in [6.45, 7) is 3.11. The third-order valence-corrected chi connectivity index (χ3v) is 8.51. The van der Waals surface area contributed by atoms with Crippen LogP contribution >= 0.6 is 0 Å². The summed E-state index contributed by atoms with van der Waals surface area (Å²) < 4.78 is 10.9. The van der Waals surface area contributed by atoms with E-state index in [1.54, 1.807) is 0 Å². The van der Waals surface area contributed by atoms with Crippen LogP contribution in [0.5, 0.6) is 11.5 Å². The van der Waals surface area contributed by atoms with Gasteiger partial charge in [-0.15, -0.1) is 0 Å². The minimum atomic E-state index is -0.271. The first-order valence-electron chi connectivity index (χ1n) is 12.9. The van der Waals surface area contributed by atoms with Crippen molar-refractivity contribution in [2.45, 2.75) is 49.7 Å². The Kier molecular flexibility index (Phi) is 5.98. The van der Waals surface area contributed by atoms with Crippen LogP contribution in [0, 0.1) is 17.2 Å². The number of benzene rings is 2. The Labute approximate surface area is 211 Å². The lowest BCUT2D eigenvalue weighted by molar-refractivity contribution is 0.142. The number of nitrogens with one attached hydrogen (secondary N) is 1. The number of rotatable bonds is 6. The number of fused-ring (bicyclic) bond motifs is 2. The van der Waals surface area contributed by atoms with Crippen molar-refractivity contribution in [1.29, 1.82) is 5.26 Å². The van der Waals surface area contributed by atoms with Gasteiger partial charge < -0.3 is 24.8 Å². The molecule has 0 spiro atoms. The van der Waals surface area contributed by atoms with Gasteiger partial charge in [0.1, 0.15) is 0 Å². The van der Waals surface area contributed by atoms with Gasteiger partial charge in [0.15, 0.2) is 11.5 Å². The maximum atomic E-state index is 13.6. The highest BCUT2D eigenvalue weighted by atomic mass is 16.7. The molecular weight excluding hydrogens is 456 g/mol. The van der Waals surface area contributed by atoms with Crippen LogP contribution in [0.3, 0.4) is 0 Å². The molecule has 2 heterocycles. The second kappa shape index (κ2) is 9.30. The van der Waals surface area contributed by atoms with E-state index in [1.165, 1.54) is 5.56 Å². The quantitative estimate of drug-likeness (QED) is 0.644. The first kappa shape index (κ1) is 23.1. The molecule has 0 radical (unpaired) electrons. The van der Waals surface area contributed by atoms with Crippen molar-refractivity contribution in [2.24, 2.45) is 5.92 Å². The van der Waals surface area contributed by atoms with Gasteiger partial charge in [-0.2, -0.15) is 5.26 Å². The molecule has 2 aliphatic carbocycles. The molecule has 8 nitrogen and oxygen atoms in total. The van der Waals surface area contributed by atoms with E-state index >= 15 is 0 Å².